The first-order valence-corrected chi connectivity index (χ1v) is 12.8. The fourth-order valence-corrected chi connectivity index (χ4v) is 4.53. The molecule has 0 atom stereocenters. The standard InChI is InChI=1S/C28H30F3N7O/c1-37(2)13-4-14-38-26-24(25(32)36-38)22(16-23(35-26)18-7-8-18)17-9-11-20(12-10-17)33-27(39)34-21-6-3-5-19(15-21)28(29,30)31/h3,5-6,9-12,15-16,18H,4,7-8,13-14H2,1-2H3,(H2,32,36)(H2,33,34,39). The molecular formula is C28H30F3N7O. The van der Waals surface area contributed by atoms with Crippen molar-refractivity contribution >= 4 is 34.3 Å². The quantitative estimate of drug-likeness (QED) is 0.249. The van der Waals surface area contributed by atoms with Crippen LogP contribution >= 0.6 is 0 Å². The number of carbonyl (C=O) groups excluding carboxylic acids is 1. The molecule has 0 spiro atoms. The number of fused-ring (bicyclic) bond motifs is 1. The Bertz CT molecular complexity index is 1490. The smallest absolute Gasteiger partial charge is 0.382 e. The second-order valence-electron chi connectivity index (χ2n) is 10.1. The van der Waals surface area contributed by atoms with E-state index in [1.807, 2.05) is 30.9 Å². The molecule has 1 fully saturated rings. The van der Waals surface area contributed by atoms with Crippen molar-refractivity contribution in [1.82, 2.24) is 19.7 Å². The second-order valence-corrected chi connectivity index (χ2v) is 10.1. The molecule has 5 rings (SSSR count). The number of pyridine rings is 1. The van der Waals surface area contributed by atoms with E-state index in [1.165, 1.54) is 12.1 Å². The number of hydrogen-bond donors (Lipinski definition) is 3. The van der Waals surface area contributed by atoms with E-state index in [0.717, 1.165) is 65.8 Å². The summed E-state index contributed by atoms with van der Waals surface area (Å²) in [6.45, 7) is 1.63. The number of benzene rings is 2. The predicted molar refractivity (Wildman–Crippen MR) is 147 cm³/mol. The number of amides is 2. The maximum Gasteiger partial charge on any atom is 0.416 e. The Morgan fingerprint density at radius 2 is 1.79 bits per heavy atom. The highest BCUT2D eigenvalue weighted by molar-refractivity contribution is 6.02. The molecule has 0 bridgehead atoms. The number of nitrogens with one attached hydrogen (secondary N) is 2. The highest BCUT2D eigenvalue weighted by atomic mass is 19.4. The minimum atomic E-state index is -4.49. The fraction of sp³-hybridized carbons (Fsp3) is 0.321. The van der Waals surface area contributed by atoms with Gasteiger partial charge < -0.3 is 21.3 Å². The normalized spacial score (nSPS) is 13.7. The van der Waals surface area contributed by atoms with E-state index < -0.39 is 17.8 Å². The molecule has 1 saturated carbocycles. The number of nitrogen functional groups attached to an aromatic ring is 1. The molecule has 0 unspecified atom stereocenters. The molecule has 1 aliphatic carbocycles. The zero-order valence-corrected chi connectivity index (χ0v) is 21.7. The Labute approximate surface area is 224 Å². The number of anilines is 3. The molecule has 0 aliphatic heterocycles. The van der Waals surface area contributed by atoms with Crippen LogP contribution in [0.3, 0.4) is 0 Å². The minimum absolute atomic E-state index is 0.0452. The Kier molecular flexibility index (Phi) is 7.17. The SMILES string of the molecule is CN(C)CCCn1nc(N)c2c(-c3ccc(NC(=O)Nc4cccc(C(F)(F)F)c4)cc3)cc(C3CC3)nc21. The monoisotopic (exact) mass is 537 g/mol. The molecule has 39 heavy (non-hydrogen) atoms. The molecule has 0 radical (unpaired) electrons. The molecule has 2 aromatic heterocycles. The molecule has 11 heteroatoms. The Morgan fingerprint density at radius 1 is 1.08 bits per heavy atom. The summed E-state index contributed by atoms with van der Waals surface area (Å²) in [7, 11) is 4.06. The number of alkyl halides is 3. The van der Waals surface area contributed by atoms with Crippen LogP contribution in [0.15, 0.2) is 54.6 Å². The third kappa shape index (κ3) is 6.14. The van der Waals surface area contributed by atoms with Crippen LogP contribution in [0.1, 0.15) is 36.4 Å². The molecule has 1 aliphatic rings. The van der Waals surface area contributed by atoms with Gasteiger partial charge in [0.1, 0.15) is 0 Å². The third-order valence-corrected chi connectivity index (χ3v) is 6.62. The minimum Gasteiger partial charge on any atom is -0.382 e. The predicted octanol–water partition coefficient (Wildman–Crippen LogP) is 6.17. The lowest BCUT2D eigenvalue weighted by molar-refractivity contribution is -0.137. The van der Waals surface area contributed by atoms with Crippen LogP contribution in [0.25, 0.3) is 22.2 Å². The highest BCUT2D eigenvalue weighted by Crippen LogP contribution is 2.43. The Hall–Kier alpha value is -4.12. The van der Waals surface area contributed by atoms with Gasteiger partial charge in [-0.05, 0) is 87.4 Å². The van der Waals surface area contributed by atoms with Crippen molar-refractivity contribution in [2.24, 2.45) is 0 Å². The lowest BCUT2D eigenvalue weighted by Crippen LogP contribution is -2.19. The van der Waals surface area contributed by atoms with Crippen molar-refractivity contribution < 1.29 is 18.0 Å². The zero-order valence-electron chi connectivity index (χ0n) is 21.7. The summed E-state index contributed by atoms with van der Waals surface area (Å²) in [6.07, 6.45) is -1.37. The molecule has 8 nitrogen and oxygen atoms in total. The lowest BCUT2D eigenvalue weighted by atomic mass is 10.0. The van der Waals surface area contributed by atoms with Crippen LogP contribution in [-0.2, 0) is 12.7 Å². The summed E-state index contributed by atoms with van der Waals surface area (Å²) in [5.74, 6) is 0.849. The van der Waals surface area contributed by atoms with Gasteiger partial charge in [0.05, 0.1) is 10.9 Å². The van der Waals surface area contributed by atoms with E-state index in [-0.39, 0.29) is 5.69 Å². The summed E-state index contributed by atoms with van der Waals surface area (Å²) in [6, 6.07) is 13.1. The van der Waals surface area contributed by atoms with Crippen molar-refractivity contribution in [3.8, 4) is 11.1 Å². The van der Waals surface area contributed by atoms with Gasteiger partial charge in [0.2, 0.25) is 0 Å². The number of rotatable bonds is 8. The van der Waals surface area contributed by atoms with E-state index in [9.17, 15) is 18.0 Å². The molecule has 4 N–H and O–H groups in total. The Morgan fingerprint density at radius 3 is 2.46 bits per heavy atom. The van der Waals surface area contributed by atoms with Gasteiger partial charge in [-0.3, -0.25) is 0 Å². The molecule has 204 valence electrons. The van der Waals surface area contributed by atoms with Crippen molar-refractivity contribution in [2.75, 3.05) is 37.0 Å². The van der Waals surface area contributed by atoms with Crippen molar-refractivity contribution in [3.63, 3.8) is 0 Å². The van der Waals surface area contributed by atoms with Crippen LogP contribution < -0.4 is 16.4 Å². The van der Waals surface area contributed by atoms with Gasteiger partial charge in [0, 0.05) is 29.5 Å². The maximum atomic E-state index is 13.0. The number of hydrogen-bond acceptors (Lipinski definition) is 5. The Balaban J connectivity index is 1.37. The maximum absolute atomic E-state index is 13.0. The van der Waals surface area contributed by atoms with Crippen LogP contribution in [-0.4, -0.2) is 46.3 Å². The average molecular weight is 538 g/mol. The summed E-state index contributed by atoms with van der Waals surface area (Å²) in [4.78, 5) is 19.5. The van der Waals surface area contributed by atoms with E-state index >= 15 is 0 Å². The van der Waals surface area contributed by atoms with Gasteiger partial charge in [0.15, 0.2) is 11.5 Å². The van der Waals surface area contributed by atoms with Crippen LogP contribution in [0.4, 0.5) is 35.2 Å². The van der Waals surface area contributed by atoms with E-state index in [0.29, 0.717) is 24.0 Å². The largest absolute Gasteiger partial charge is 0.416 e. The molecule has 2 amide bonds. The third-order valence-electron chi connectivity index (χ3n) is 6.62. The van der Waals surface area contributed by atoms with Crippen LogP contribution in [0, 0.1) is 0 Å². The van der Waals surface area contributed by atoms with E-state index in [2.05, 4.69) is 26.7 Å². The van der Waals surface area contributed by atoms with Gasteiger partial charge in [-0.2, -0.15) is 18.3 Å². The van der Waals surface area contributed by atoms with Crippen LogP contribution in [0.2, 0.25) is 0 Å². The number of nitrogens with two attached hydrogens (primary N) is 1. The first-order chi connectivity index (χ1) is 18.6. The summed E-state index contributed by atoms with van der Waals surface area (Å²) in [5, 5.41) is 10.5. The number of urea groups is 1. The van der Waals surface area contributed by atoms with Gasteiger partial charge >= 0.3 is 12.2 Å². The van der Waals surface area contributed by atoms with Crippen molar-refractivity contribution in [3.05, 3.63) is 65.9 Å². The summed E-state index contributed by atoms with van der Waals surface area (Å²) < 4.78 is 40.8. The van der Waals surface area contributed by atoms with Crippen LogP contribution in [0.5, 0.6) is 0 Å². The van der Waals surface area contributed by atoms with Gasteiger partial charge in [0.25, 0.3) is 0 Å². The highest BCUT2D eigenvalue weighted by Gasteiger charge is 2.30. The molecule has 4 aromatic rings. The van der Waals surface area contributed by atoms with Crippen molar-refractivity contribution in [2.45, 2.75) is 37.9 Å². The fourth-order valence-electron chi connectivity index (χ4n) is 4.53. The topological polar surface area (TPSA) is 101 Å². The lowest BCUT2D eigenvalue weighted by Gasteiger charge is -2.12. The van der Waals surface area contributed by atoms with E-state index in [1.54, 1.807) is 12.1 Å². The second kappa shape index (κ2) is 10.6. The molecular weight excluding hydrogens is 507 g/mol. The molecule has 0 saturated heterocycles. The molecule has 2 heterocycles. The number of carbonyl (C=O) groups is 1. The summed E-state index contributed by atoms with van der Waals surface area (Å²) >= 11 is 0. The average Bonchev–Trinajstić information content (AvgIpc) is 3.68. The van der Waals surface area contributed by atoms with Gasteiger partial charge in [-0.15, -0.1) is 0 Å². The first-order valence-electron chi connectivity index (χ1n) is 12.8. The van der Waals surface area contributed by atoms with Gasteiger partial charge in [-0.25, -0.2) is 14.5 Å². The first kappa shape index (κ1) is 26.5. The van der Waals surface area contributed by atoms with Crippen molar-refractivity contribution in [1.29, 1.82) is 0 Å². The van der Waals surface area contributed by atoms with E-state index in [4.69, 9.17) is 10.7 Å². The number of aromatic nitrogens is 3. The number of aryl methyl sites for hydroxylation is 1. The van der Waals surface area contributed by atoms with Gasteiger partial charge in [-0.1, -0.05) is 18.2 Å². The number of nitrogens with zero attached hydrogens (tertiary/aromatic N) is 4. The number of halogens is 3. The summed E-state index contributed by atoms with van der Waals surface area (Å²) in [5.41, 5.74) is 9.70. The molecule has 2 aromatic carbocycles. The zero-order chi connectivity index (χ0) is 27.7.